The van der Waals surface area contributed by atoms with Crippen LogP contribution in [0.2, 0.25) is 5.02 Å². The van der Waals surface area contributed by atoms with Gasteiger partial charge in [0.1, 0.15) is 4.88 Å². The summed E-state index contributed by atoms with van der Waals surface area (Å²) in [6.45, 7) is 6.32. The van der Waals surface area contributed by atoms with Gasteiger partial charge in [-0.2, -0.15) is 4.31 Å². The molecule has 1 N–H and O–H groups in total. The summed E-state index contributed by atoms with van der Waals surface area (Å²) in [5.41, 5.74) is 0.814. The van der Waals surface area contributed by atoms with E-state index in [0.29, 0.717) is 23.0 Å². The van der Waals surface area contributed by atoms with Crippen LogP contribution < -0.4 is 5.32 Å². The number of nitrogens with zero attached hydrogens (tertiary/aromatic N) is 1. The van der Waals surface area contributed by atoms with Gasteiger partial charge in [-0.1, -0.05) is 55.8 Å². The van der Waals surface area contributed by atoms with Crippen LogP contribution in [0.15, 0.2) is 53.4 Å². The molecule has 1 atom stereocenters. The molecule has 0 radical (unpaired) electrons. The Kier molecular flexibility index (Phi) is 6.63. The van der Waals surface area contributed by atoms with E-state index < -0.39 is 10.0 Å². The number of rotatable bonds is 7. The Hall–Kier alpha value is -1.93. The average Bonchev–Trinajstić information content (AvgIpc) is 3.06. The van der Waals surface area contributed by atoms with Gasteiger partial charge in [-0.3, -0.25) is 4.79 Å². The van der Waals surface area contributed by atoms with Crippen LogP contribution in [0.1, 0.15) is 42.0 Å². The minimum atomic E-state index is -3.50. The maximum atomic E-state index is 12.7. The van der Waals surface area contributed by atoms with E-state index in [-0.39, 0.29) is 16.8 Å². The van der Waals surface area contributed by atoms with Gasteiger partial charge in [0.2, 0.25) is 10.0 Å². The Morgan fingerprint density at radius 2 is 1.72 bits per heavy atom. The first-order valence-electron chi connectivity index (χ1n) is 9.37. The normalized spacial score (nSPS) is 13.0. The number of hydrogen-bond acceptors (Lipinski definition) is 4. The van der Waals surface area contributed by atoms with Crippen molar-refractivity contribution in [1.82, 2.24) is 9.62 Å². The summed E-state index contributed by atoms with van der Waals surface area (Å²) in [4.78, 5) is 13.4. The van der Waals surface area contributed by atoms with E-state index in [1.807, 2.05) is 45.0 Å². The lowest BCUT2D eigenvalue weighted by Gasteiger charge is -2.19. The summed E-state index contributed by atoms with van der Waals surface area (Å²) in [7, 11) is -3.50. The Balaban J connectivity index is 1.77. The van der Waals surface area contributed by atoms with Gasteiger partial charge in [-0.25, -0.2) is 8.42 Å². The number of halogens is 1. The lowest BCUT2D eigenvalue weighted by molar-refractivity contribution is 0.0944. The molecule has 0 aliphatic heterocycles. The van der Waals surface area contributed by atoms with Crippen LogP contribution in [0, 0.1) is 0 Å². The molecule has 1 amide bonds. The molecule has 0 bridgehead atoms. The third-order valence-electron chi connectivity index (χ3n) is 4.81. The van der Waals surface area contributed by atoms with Gasteiger partial charge in [0.05, 0.1) is 16.0 Å². The van der Waals surface area contributed by atoms with Crippen LogP contribution >= 0.6 is 22.9 Å². The number of fused-ring (bicyclic) bond motifs is 1. The number of benzene rings is 2. The molecule has 1 aromatic heterocycles. The minimum absolute atomic E-state index is 0.246. The van der Waals surface area contributed by atoms with E-state index in [2.05, 4.69) is 5.32 Å². The summed E-state index contributed by atoms with van der Waals surface area (Å²) < 4.78 is 27.6. The lowest BCUT2D eigenvalue weighted by Crippen LogP contribution is -2.30. The van der Waals surface area contributed by atoms with Gasteiger partial charge in [-0.05, 0) is 30.7 Å². The van der Waals surface area contributed by atoms with Gasteiger partial charge in [-0.15, -0.1) is 11.3 Å². The van der Waals surface area contributed by atoms with Gasteiger partial charge >= 0.3 is 0 Å². The molecule has 0 spiro atoms. The van der Waals surface area contributed by atoms with Gasteiger partial charge in [0.15, 0.2) is 0 Å². The topological polar surface area (TPSA) is 66.5 Å². The zero-order chi connectivity index (χ0) is 21.2. The summed E-state index contributed by atoms with van der Waals surface area (Å²) >= 11 is 7.74. The number of sulfonamides is 1. The molecule has 8 heteroatoms. The van der Waals surface area contributed by atoms with Crippen LogP contribution in [0.4, 0.5) is 0 Å². The van der Waals surface area contributed by atoms with Crippen LogP contribution in [-0.4, -0.2) is 31.7 Å². The predicted molar refractivity (Wildman–Crippen MR) is 119 cm³/mol. The fourth-order valence-corrected chi connectivity index (χ4v) is 6.02. The quantitative estimate of drug-likeness (QED) is 0.546. The Labute approximate surface area is 180 Å². The van der Waals surface area contributed by atoms with Crippen molar-refractivity contribution in [3.8, 4) is 0 Å². The predicted octanol–water partition coefficient (Wildman–Crippen LogP) is 5.08. The molecule has 1 heterocycles. The molecule has 0 saturated heterocycles. The highest BCUT2D eigenvalue weighted by molar-refractivity contribution is 7.89. The first-order valence-corrected chi connectivity index (χ1v) is 12.0. The molecular weight excluding hydrogens is 428 g/mol. The molecule has 0 fully saturated rings. The lowest BCUT2D eigenvalue weighted by atomic mass is 10.1. The summed E-state index contributed by atoms with van der Waals surface area (Å²) in [5.74, 6) is -0.247. The second-order valence-corrected chi connectivity index (χ2v) is 9.96. The summed E-state index contributed by atoms with van der Waals surface area (Å²) in [6, 6.07) is 13.9. The van der Waals surface area contributed by atoms with Crippen molar-refractivity contribution in [2.24, 2.45) is 0 Å². The number of carbonyl (C=O) groups excluding carboxylic acids is 1. The second-order valence-electron chi connectivity index (χ2n) is 6.59. The van der Waals surface area contributed by atoms with Crippen LogP contribution in [-0.2, 0) is 10.0 Å². The second kappa shape index (κ2) is 8.83. The van der Waals surface area contributed by atoms with E-state index in [1.165, 1.54) is 15.6 Å². The fourth-order valence-electron chi connectivity index (χ4n) is 3.15. The van der Waals surface area contributed by atoms with Crippen molar-refractivity contribution in [1.29, 1.82) is 0 Å². The number of hydrogen-bond donors (Lipinski definition) is 1. The molecule has 154 valence electrons. The number of nitrogens with one attached hydrogen (secondary N) is 1. The average molecular weight is 451 g/mol. The first kappa shape index (κ1) is 21.8. The van der Waals surface area contributed by atoms with Crippen molar-refractivity contribution in [3.05, 3.63) is 64.0 Å². The van der Waals surface area contributed by atoms with E-state index in [1.54, 1.807) is 24.3 Å². The molecule has 2 aromatic carbocycles. The highest BCUT2D eigenvalue weighted by atomic mass is 35.5. The van der Waals surface area contributed by atoms with Gasteiger partial charge < -0.3 is 5.32 Å². The maximum Gasteiger partial charge on any atom is 0.263 e. The van der Waals surface area contributed by atoms with Crippen molar-refractivity contribution in [2.45, 2.75) is 31.7 Å². The fraction of sp³-hybridized carbons (Fsp3) is 0.286. The standard InChI is InChI=1S/C21H23ClN2O3S2/c1-4-24(5-2)29(26,27)16-12-10-15(11-13-16)14(3)23-21(25)20-19(22)17-8-6-7-9-18(17)28-20/h6-14H,4-5H2,1-3H3,(H,23,25). The van der Waals surface area contributed by atoms with Crippen molar-refractivity contribution in [2.75, 3.05) is 13.1 Å². The SMILES string of the molecule is CCN(CC)S(=O)(=O)c1ccc(C(C)NC(=O)c2sc3ccccc3c2Cl)cc1. The van der Waals surface area contributed by atoms with Gasteiger partial charge in [0.25, 0.3) is 5.91 Å². The highest BCUT2D eigenvalue weighted by Gasteiger charge is 2.22. The Morgan fingerprint density at radius 3 is 2.31 bits per heavy atom. The molecule has 29 heavy (non-hydrogen) atoms. The zero-order valence-electron chi connectivity index (χ0n) is 16.5. The third-order valence-corrected chi connectivity index (χ3v) is 8.55. The number of thiophene rings is 1. The molecule has 5 nitrogen and oxygen atoms in total. The van der Waals surface area contributed by atoms with Crippen LogP contribution in [0.5, 0.6) is 0 Å². The summed E-state index contributed by atoms with van der Waals surface area (Å²) in [6.07, 6.45) is 0. The van der Waals surface area contributed by atoms with Crippen molar-refractivity contribution in [3.63, 3.8) is 0 Å². The number of amides is 1. The molecule has 3 rings (SSSR count). The Morgan fingerprint density at radius 1 is 1.10 bits per heavy atom. The monoisotopic (exact) mass is 450 g/mol. The Bertz CT molecular complexity index is 1120. The van der Waals surface area contributed by atoms with E-state index >= 15 is 0 Å². The molecule has 3 aromatic rings. The zero-order valence-corrected chi connectivity index (χ0v) is 18.9. The van der Waals surface area contributed by atoms with E-state index in [9.17, 15) is 13.2 Å². The highest BCUT2D eigenvalue weighted by Crippen LogP contribution is 2.35. The first-order chi connectivity index (χ1) is 13.8. The maximum absolute atomic E-state index is 12.7. The molecule has 0 saturated carbocycles. The van der Waals surface area contributed by atoms with Crippen LogP contribution in [0.3, 0.4) is 0 Å². The molecular formula is C21H23ClN2O3S2. The largest absolute Gasteiger partial charge is 0.345 e. The van der Waals surface area contributed by atoms with Gasteiger partial charge in [0, 0.05) is 23.2 Å². The van der Waals surface area contributed by atoms with Crippen molar-refractivity contribution >= 4 is 49.0 Å². The molecule has 0 aliphatic carbocycles. The minimum Gasteiger partial charge on any atom is -0.345 e. The number of carbonyl (C=O) groups is 1. The smallest absolute Gasteiger partial charge is 0.263 e. The summed E-state index contributed by atoms with van der Waals surface area (Å²) in [5, 5.41) is 4.26. The van der Waals surface area contributed by atoms with E-state index in [4.69, 9.17) is 11.6 Å². The van der Waals surface area contributed by atoms with Crippen molar-refractivity contribution < 1.29 is 13.2 Å². The van der Waals surface area contributed by atoms with Crippen LogP contribution in [0.25, 0.3) is 10.1 Å². The molecule has 0 aliphatic rings. The van der Waals surface area contributed by atoms with E-state index in [0.717, 1.165) is 15.6 Å². The molecule has 1 unspecified atom stereocenters. The third kappa shape index (κ3) is 4.33.